The zero-order valence-corrected chi connectivity index (χ0v) is 34.4. The van der Waals surface area contributed by atoms with Gasteiger partial charge in [0.05, 0.1) is 6.17 Å². The summed E-state index contributed by atoms with van der Waals surface area (Å²) in [6, 6.07) is 0. The third-order valence-electron chi connectivity index (χ3n) is 15.9. The minimum atomic E-state index is -0.476. The van der Waals surface area contributed by atoms with Gasteiger partial charge in [0.25, 0.3) is 0 Å². The Hall–Kier alpha value is -1.15. The number of hydrogen-bond acceptors (Lipinski definition) is 7. The molecule has 0 aromatic heterocycles. The predicted molar refractivity (Wildman–Crippen MR) is 214 cm³/mol. The molecule has 7 nitrogen and oxygen atoms in total. The van der Waals surface area contributed by atoms with Crippen molar-refractivity contribution >= 4 is 6.16 Å². The highest BCUT2D eigenvalue weighted by atomic mass is 16.7. The Morgan fingerprint density at radius 3 is 2.56 bits per heavy atom. The number of ether oxygens (including phenoxy) is 2. The van der Waals surface area contributed by atoms with Gasteiger partial charge in [0.2, 0.25) is 0 Å². The van der Waals surface area contributed by atoms with E-state index < -0.39 is 6.16 Å². The van der Waals surface area contributed by atoms with Crippen LogP contribution in [0.5, 0.6) is 0 Å². The summed E-state index contributed by atoms with van der Waals surface area (Å²) in [5.74, 6) is 5.07. The van der Waals surface area contributed by atoms with Crippen molar-refractivity contribution in [1.82, 2.24) is 14.7 Å². The Morgan fingerprint density at radius 1 is 0.904 bits per heavy atom. The van der Waals surface area contributed by atoms with E-state index in [1.165, 1.54) is 103 Å². The molecule has 7 heteroatoms. The highest BCUT2D eigenvalue weighted by Crippen LogP contribution is 2.67. The second-order valence-corrected chi connectivity index (χ2v) is 19.5. The van der Waals surface area contributed by atoms with Crippen LogP contribution in [0.1, 0.15) is 150 Å². The van der Waals surface area contributed by atoms with Gasteiger partial charge >= 0.3 is 6.16 Å². The largest absolute Gasteiger partial charge is 0.508 e. The molecule has 0 amide bonds. The van der Waals surface area contributed by atoms with Crippen molar-refractivity contribution in [2.45, 2.75) is 162 Å². The number of hydrogen-bond donors (Lipinski definition) is 1. The van der Waals surface area contributed by atoms with Crippen molar-refractivity contribution in [2.24, 2.45) is 52.1 Å². The molecule has 52 heavy (non-hydrogen) atoms. The molecule has 2 N–H and O–H groups in total. The maximum Gasteiger partial charge on any atom is 0.508 e. The minimum Gasteiger partial charge on any atom is -0.433 e. The van der Waals surface area contributed by atoms with E-state index in [1.54, 1.807) is 5.57 Å². The maximum absolute atomic E-state index is 13.0. The third kappa shape index (κ3) is 9.44. The molecule has 6 aliphatic rings. The van der Waals surface area contributed by atoms with Crippen LogP contribution in [-0.2, 0) is 9.47 Å². The zero-order chi connectivity index (χ0) is 36.7. The molecule has 298 valence electrons. The first-order chi connectivity index (χ1) is 25.1. The summed E-state index contributed by atoms with van der Waals surface area (Å²) in [5.41, 5.74) is 8.26. The van der Waals surface area contributed by atoms with Gasteiger partial charge in [-0.05, 0) is 150 Å². The van der Waals surface area contributed by atoms with E-state index in [4.69, 9.17) is 15.2 Å². The fourth-order valence-electron chi connectivity index (χ4n) is 13.0. The Labute approximate surface area is 319 Å². The smallest absolute Gasteiger partial charge is 0.433 e. The van der Waals surface area contributed by atoms with Gasteiger partial charge < -0.3 is 15.2 Å². The molecule has 3 saturated carbocycles. The Kier molecular flexibility index (Phi) is 14.5. The summed E-state index contributed by atoms with van der Waals surface area (Å²) in [6.07, 6.45) is 25.7. The normalized spacial score (nSPS) is 36.0. The molecule has 4 aliphatic carbocycles. The van der Waals surface area contributed by atoms with Crippen molar-refractivity contribution < 1.29 is 14.3 Å². The van der Waals surface area contributed by atoms with Gasteiger partial charge in [-0.1, -0.05) is 78.4 Å². The fourth-order valence-corrected chi connectivity index (χ4v) is 13.0. The fraction of sp³-hybridized carbons (Fsp3) is 0.933. The van der Waals surface area contributed by atoms with Crippen molar-refractivity contribution in [1.29, 1.82) is 0 Å². The van der Waals surface area contributed by atoms with Gasteiger partial charge in [-0.2, -0.15) is 0 Å². The average Bonchev–Trinajstić information content (AvgIpc) is 3.29. The first-order valence-corrected chi connectivity index (χ1v) is 22.6. The lowest BCUT2D eigenvalue weighted by Gasteiger charge is -2.58. The van der Waals surface area contributed by atoms with E-state index in [-0.39, 0.29) is 11.5 Å². The molecule has 0 aromatic carbocycles. The molecule has 2 heterocycles. The number of nitrogens with zero attached hydrogens (tertiary/aromatic N) is 3. The van der Waals surface area contributed by atoms with Crippen LogP contribution in [0.15, 0.2) is 11.6 Å². The summed E-state index contributed by atoms with van der Waals surface area (Å²) < 4.78 is 11.8. The highest BCUT2D eigenvalue weighted by Gasteiger charge is 2.59. The molecule has 1 unspecified atom stereocenters. The molecule has 0 bridgehead atoms. The molecule has 0 spiro atoms. The molecular weight excluding hydrogens is 645 g/mol. The van der Waals surface area contributed by atoms with E-state index in [0.717, 1.165) is 93.8 Å². The quantitative estimate of drug-likeness (QED) is 0.126. The monoisotopic (exact) mass is 725 g/mol. The second kappa shape index (κ2) is 18.7. The molecular formula is C45H80N4O3. The number of carbonyl (C=O) groups is 1. The number of rotatable bonds is 16. The number of nitrogens with two attached hydrogens (primary N) is 1. The summed E-state index contributed by atoms with van der Waals surface area (Å²) in [5, 5.41) is 0. The summed E-state index contributed by atoms with van der Waals surface area (Å²) in [6.45, 7) is 21.3. The van der Waals surface area contributed by atoms with Crippen LogP contribution in [0, 0.1) is 46.3 Å². The van der Waals surface area contributed by atoms with Crippen LogP contribution in [0.4, 0.5) is 4.79 Å². The van der Waals surface area contributed by atoms with Crippen LogP contribution in [-0.4, -0.2) is 92.1 Å². The van der Waals surface area contributed by atoms with E-state index >= 15 is 0 Å². The van der Waals surface area contributed by atoms with E-state index in [0.29, 0.717) is 24.7 Å². The Morgan fingerprint density at radius 2 is 1.73 bits per heavy atom. The van der Waals surface area contributed by atoms with E-state index in [9.17, 15) is 4.79 Å². The summed E-state index contributed by atoms with van der Waals surface area (Å²) >= 11 is 0. The van der Waals surface area contributed by atoms with E-state index in [1.807, 2.05) is 0 Å². The van der Waals surface area contributed by atoms with Crippen molar-refractivity contribution in [3.8, 4) is 0 Å². The summed E-state index contributed by atoms with van der Waals surface area (Å²) in [7, 11) is 0. The standard InChI is InChI=1S/C45H80N4O3/c1-34(2)13-9-14-35(3)39-18-19-40-38-17-16-36-33-37(20-22-44(36,4)41(38)21-23-45(39,40)5)52-43(50)51-32-31-47(25-10-24-46)26-11-28-49-30-12-29-48-27-8-6-7-15-42(48)49/h16,34-35,37-42H,6-15,17-33,46H2,1-5H3/t35-,37+,38+,39-,40+,41+,42?,44+,45-/m1/s1. The van der Waals surface area contributed by atoms with Crippen molar-refractivity contribution in [3.63, 3.8) is 0 Å². The summed E-state index contributed by atoms with van der Waals surface area (Å²) in [4.78, 5) is 20.9. The zero-order valence-electron chi connectivity index (χ0n) is 34.4. The van der Waals surface area contributed by atoms with Crippen LogP contribution in [0.25, 0.3) is 0 Å². The van der Waals surface area contributed by atoms with Crippen LogP contribution in [0.2, 0.25) is 0 Å². The molecule has 2 aliphatic heterocycles. The molecule has 0 radical (unpaired) electrons. The molecule has 5 fully saturated rings. The third-order valence-corrected chi connectivity index (χ3v) is 15.9. The lowest BCUT2D eigenvalue weighted by molar-refractivity contribution is -0.0619. The first kappa shape index (κ1) is 40.5. The molecule has 6 rings (SSSR count). The number of fused-ring (bicyclic) bond motifs is 6. The average molecular weight is 725 g/mol. The number of carbonyl (C=O) groups excluding carboxylic acids is 1. The SMILES string of the molecule is CC(C)CCC[C@@H](C)[C@H]1CC[C@H]2[C@@H]3CC=C4C[C@@H](OC(=O)OCCN(CCCN)CCCN5CCCN6CCCCCC65)CC[C@]4(C)[C@H]3CC[C@]12C. The lowest BCUT2D eigenvalue weighted by Crippen LogP contribution is -2.53. The van der Waals surface area contributed by atoms with E-state index in [2.05, 4.69) is 55.4 Å². The maximum atomic E-state index is 13.0. The Balaban J connectivity index is 0.944. The lowest BCUT2D eigenvalue weighted by atomic mass is 9.47. The van der Waals surface area contributed by atoms with Crippen LogP contribution < -0.4 is 5.73 Å². The minimum absolute atomic E-state index is 0.0544. The Bertz CT molecular complexity index is 1160. The second-order valence-electron chi connectivity index (χ2n) is 19.5. The van der Waals surface area contributed by atoms with Gasteiger partial charge in [0.15, 0.2) is 0 Å². The molecule has 0 aromatic rings. The molecule has 2 saturated heterocycles. The first-order valence-electron chi connectivity index (χ1n) is 22.6. The van der Waals surface area contributed by atoms with Crippen LogP contribution >= 0.6 is 0 Å². The van der Waals surface area contributed by atoms with Gasteiger partial charge in [0.1, 0.15) is 12.7 Å². The van der Waals surface area contributed by atoms with Crippen molar-refractivity contribution in [3.05, 3.63) is 11.6 Å². The predicted octanol–water partition coefficient (Wildman–Crippen LogP) is 9.50. The number of allylic oxidation sites excluding steroid dienone is 1. The van der Waals surface area contributed by atoms with Gasteiger partial charge in [-0.3, -0.25) is 14.7 Å². The van der Waals surface area contributed by atoms with Gasteiger partial charge in [-0.25, -0.2) is 4.79 Å². The van der Waals surface area contributed by atoms with Gasteiger partial charge in [0, 0.05) is 32.6 Å². The van der Waals surface area contributed by atoms with Gasteiger partial charge in [-0.15, -0.1) is 0 Å². The topological polar surface area (TPSA) is 71.3 Å². The van der Waals surface area contributed by atoms with Crippen molar-refractivity contribution in [2.75, 3.05) is 59.0 Å². The molecule has 9 atom stereocenters. The van der Waals surface area contributed by atoms with Crippen LogP contribution in [0.3, 0.4) is 0 Å². The highest BCUT2D eigenvalue weighted by molar-refractivity contribution is 5.60.